The van der Waals surface area contributed by atoms with Gasteiger partial charge in [0.1, 0.15) is 5.75 Å². The van der Waals surface area contributed by atoms with E-state index in [9.17, 15) is 4.79 Å². The van der Waals surface area contributed by atoms with E-state index >= 15 is 0 Å². The lowest BCUT2D eigenvalue weighted by molar-refractivity contribution is -0.125. The first-order valence-corrected chi connectivity index (χ1v) is 6.73. The lowest BCUT2D eigenvalue weighted by atomic mass is 10.0. The summed E-state index contributed by atoms with van der Waals surface area (Å²) in [6.45, 7) is 4.55. The highest BCUT2D eigenvalue weighted by molar-refractivity contribution is 5.78. The maximum atomic E-state index is 12.0. The predicted molar refractivity (Wildman–Crippen MR) is 77.0 cm³/mol. The number of hydrogen-bond acceptors (Lipinski definition) is 3. The maximum Gasteiger partial charge on any atom is 0.223 e. The van der Waals surface area contributed by atoms with Crippen LogP contribution in [0.3, 0.4) is 0 Å². The maximum absolute atomic E-state index is 12.0. The zero-order chi connectivity index (χ0) is 14.3. The van der Waals surface area contributed by atoms with E-state index in [0.717, 1.165) is 24.2 Å². The molecule has 1 aromatic carbocycles. The molecule has 4 heteroatoms. The van der Waals surface area contributed by atoms with Crippen molar-refractivity contribution in [2.45, 2.75) is 32.7 Å². The second-order valence-corrected chi connectivity index (χ2v) is 4.84. The zero-order valence-corrected chi connectivity index (χ0v) is 12.0. The lowest BCUT2D eigenvalue weighted by Crippen LogP contribution is -2.31. The molecule has 0 aliphatic heterocycles. The van der Waals surface area contributed by atoms with Gasteiger partial charge in [-0.1, -0.05) is 19.1 Å². The first-order chi connectivity index (χ1) is 9.08. The number of carbonyl (C=O) groups excluding carboxylic acids is 1. The van der Waals surface area contributed by atoms with Crippen LogP contribution in [0.15, 0.2) is 24.3 Å². The van der Waals surface area contributed by atoms with Gasteiger partial charge in [0.25, 0.3) is 0 Å². The number of rotatable bonds is 7. The van der Waals surface area contributed by atoms with Crippen LogP contribution >= 0.6 is 0 Å². The fourth-order valence-corrected chi connectivity index (χ4v) is 1.89. The van der Waals surface area contributed by atoms with Crippen molar-refractivity contribution in [1.29, 1.82) is 0 Å². The van der Waals surface area contributed by atoms with E-state index in [4.69, 9.17) is 10.5 Å². The molecule has 0 fully saturated rings. The van der Waals surface area contributed by atoms with Gasteiger partial charge in [-0.15, -0.1) is 0 Å². The Morgan fingerprint density at radius 3 is 2.47 bits per heavy atom. The fraction of sp³-hybridized carbons (Fsp3) is 0.533. The van der Waals surface area contributed by atoms with Crippen LogP contribution in [0, 0.1) is 5.92 Å². The normalized spacial score (nSPS) is 13.7. The molecule has 0 aromatic heterocycles. The SMILES string of the molecule is COc1ccc([C@@H](C)NC(=O)C(C)CCCN)cc1. The fourth-order valence-electron chi connectivity index (χ4n) is 1.89. The van der Waals surface area contributed by atoms with E-state index < -0.39 is 0 Å². The van der Waals surface area contributed by atoms with Crippen molar-refractivity contribution in [3.8, 4) is 5.75 Å². The van der Waals surface area contributed by atoms with Crippen molar-refractivity contribution in [3.05, 3.63) is 29.8 Å². The highest BCUT2D eigenvalue weighted by atomic mass is 16.5. The molecule has 0 bridgehead atoms. The molecule has 0 aliphatic rings. The lowest BCUT2D eigenvalue weighted by Gasteiger charge is -2.18. The third-order valence-corrected chi connectivity index (χ3v) is 3.26. The highest BCUT2D eigenvalue weighted by Crippen LogP contribution is 2.18. The monoisotopic (exact) mass is 264 g/mol. The Labute approximate surface area is 115 Å². The third kappa shape index (κ3) is 4.91. The van der Waals surface area contributed by atoms with Crippen molar-refractivity contribution < 1.29 is 9.53 Å². The van der Waals surface area contributed by atoms with E-state index in [0.29, 0.717) is 6.54 Å². The highest BCUT2D eigenvalue weighted by Gasteiger charge is 2.15. The zero-order valence-electron chi connectivity index (χ0n) is 12.0. The molecule has 1 aromatic rings. The van der Waals surface area contributed by atoms with E-state index in [1.807, 2.05) is 38.1 Å². The molecular formula is C15H24N2O2. The molecule has 0 heterocycles. The summed E-state index contributed by atoms with van der Waals surface area (Å²) in [5.74, 6) is 0.902. The average Bonchev–Trinajstić information content (AvgIpc) is 2.44. The predicted octanol–water partition coefficient (Wildman–Crippen LogP) is 2.25. The Kier molecular flexibility index (Phi) is 6.36. The van der Waals surface area contributed by atoms with Gasteiger partial charge < -0.3 is 15.8 Å². The molecule has 1 rings (SSSR count). The second-order valence-electron chi connectivity index (χ2n) is 4.84. The van der Waals surface area contributed by atoms with Crippen LogP contribution in [-0.4, -0.2) is 19.6 Å². The van der Waals surface area contributed by atoms with Gasteiger partial charge in [0.15, 0.2) is 0 Å². The summed E-state index contributed by atoms with van der Waals surface area (Å²) in [6, 6.07) is 7.73. The van der Waals surface area contributed by atoms with Gasteiger partial charge >= 0.3 is 0 Å². The first kappa shape index (κ1) is 15.5. The number of amides is 1. The minimum Gasteiger partial charge on any atom is -0.497 e. The largest absolute Gasteiger partial charge is 0.497 e. The topological polar surface area (TPSA) is 64.3 Å². The molecule has 106 valence electrons. The number of hydrogen-bond donors (Lipinski definition) is 2. The van der Waals surface area contributed by atoms with Gasteiger partial charge in [0.05, 0.1) is 13.2 Å². The Balaban J connectivity index is 2.53. The first-order valence-electron chi connectivity index (χ1n) is 6.73. The Bertz CT molecular complexity index is 390. The molecule has 4 nitrogen and oxygen atoms in total. The summed E-state index contributed by atoms with van der Waals surface area (Å²) in [5, 5.41) is 3.02. The van der Waals surface area contributed by atoms with Gasteiger partial charge in [-0.2, -0.15) is 0 Å². The van der Waals surface area contributed by atoms with Crippen LogP contribution in [-0.2, 0) is 4.79 Å². The molecule has 1 amide bonds. The van der Waals surface area contributed by atoms with E-state index in [1.54, 1.807) is 7.11 Å². The molecular weight excluding hydrogens is 240 g/mol. The Morgan fingerprint density at radius 1 is 1.32 bits per heavy atom. The minimum absolute atomic E-state index is 0.00117. The Hall–Kier alpha value is -1.55. The number of methoxy groups -OCH3 is 1. The number of carbonyl (C=O) groups is 1. The van der Waals surface area contributed by atoms with E-state index in [1.165, 1.54) is 0 Å². The summed E-state index contributed by atoms with van der Waals surface area (Å²) in [4.78, 5) is 12.0. The van der Waals surface area contributed by atoms with E-state index in [2.05, 4.69) is 5.32 Å². The van der Waals surface area contributed by atoms with Gasteiger partial charge in [0.2, 0.25) is 5.91 Å². The van der Waals surface area contributed by atoms with Crippen LogP contribution in [0.25, 0.3) is 0 Å². The molecule has 0 saturated carbocycles. The number of nitrogens with one attached hydrogen (secondary N) is 1. The number of nitrogens with two attached hydrogens (primary N) is 1. The quantitative estimate of drug-likeness (QED) is 0.794. The molecule has 19 heavy (non-hydrogen) atoms. The van der Waals surface area contributed by atoms with Gasteiger partial charge in [0, 0.05) is 5.92 Å². The standard InChI is InChI=1S/C15H24N2O2/c1-11(5-4-10-16)15(18)17-12(2)13-6-8-14(19-3)9-7-13/h6-9,11-12H,4-5,10,16H2,1-3H3,(H,17,18)/t11?,12-/m1/s1. The molecule has 0 aliphatic carbocycles. The molecule has 2 atom stereocenters. The second kappa shape index (κ2) is 7.79. The van der Waals surface area contributed by atoms with Crippen LogP contribution < -0.4 is 15.8 Å². The third-order valence-electron chi connectivity index (χ3n) is 3.26. The van der Waals surface area contributed by atoms with E-state index in [-0.39, 0.29) is 17.9 Å². The average molecular weight is 264 g/mol. The summed E-state index contributed by atoms with van der Waals surface area (Å²) in [7, 11) is 1.64. The smallest absolute Gasteiger partial charge is 0.223 e. The van der Waals surface area contributed by atoms with Crippen molar-refractivity contribution in [3.63, 3.8) is 0 Å². The molecule has 0 saturated heterocycles. The molecule has 1 unspecified atom stereocenters. The summed E-state index contributed by atoms with van der Waals surface area (Å²) in [5.41, 5.74) is 6.52. The van der Waals surface area contributed by atoms with Gasteiger partial charge in [-0.3, -0.25) is 4.79 Å². The molecule has 0 radical (unpaired) electrons. The van der Waals surface area contributed by atoms with Crippen LogP contribution in [0.2, 0.25) is 0 Å². The minimum atomic E-state index is -0.00117. The summed E-state index contributed by atoms with van der Waals surface area (Å²) in [6.07, 6.45) is 1.71. The van der Waals surface area contributed by atoms with Crippen molar-refractivity contribution in [1.82, 2.24) is 5.32 Å². The Morgan fingerprint density at radius 2 is 1.95 bits per heavy atom. The van der Waals surface area contributed by atoms with Crippen molar-refractivity contribution in [2.24, 2.45) is 11.7 Å². The van der Waals surface area contributed by atoms with Crippen LogP contribution in [0.4, 0.5) is 0 Å². The van der Waals surface area contributed by atoms with Gasteiger partial charge in [-0.25, -0.2) is 0 Å². The van der Waals surface area contributed by atoms with Crippen molar-refractivity contribution >= 4 is 5.91 Å². The van der Waals surface area contributed by atoms with Crippen LogP contribution in [0.1, 0.15) is 38.3 Å². The number of ether oxygens (including phenoxy) is 1. The number of benzene rings is 1. The molecule has 3 N–H and O–H groups in total. The summed E-state index contributed by atoms with van der Waals surface area (Å²) >= 11 is 0. The van der Waals surface area contributed by atoms with Gasteiger partial charge in [-0.05, 0) is 44.0 Å². The van der Waals surface area contributed by atoms with Crippen molar-refractivity contribution in [2.75, 3.05) is 13.7 Å². The molecule has 0 spiro atoms. The summed E-state index contributed by atoms with van der Waals surface area (Å²) < 4.78 is 5.11. The van der Waals surface area contributed by atoms with Crippen LogP contribution in [0.5, 0.6) is 5.75 Å².